The number of nitro benzene ring substituents is 1. The Kier molecular flexibility index (Phi) is 5.64. The second-order valence-electron chi connectivity index (χ2n) is 5.61. The molecule has 2 rings (SSSR count). The zero-order chi connectivity index (χ0) is 15.2. The van der Waals surface area contributed by atoms with Crippen LogP contribution in [0, 0.1) is 21.8 Å². The largest absolute Gasteiger partial charge is 0.320 e. The van der Waals surface area contributed by atoms with Gasteiger partial charge in [0.15, 0.2) is 0 Å². The zero-order valence-corrected chi connectivity index (χ0v) is 12.3. The number of likely N-dealkylation sites (tertiary alicyclic amines) is 1. The highest BCUT2D eigenvalue weighted by Gasteiger charge is 2.23. The predicted molar refractivity (Wildman–Crippen MR) is 79.6 cm³/mol. The number of piperidine rings is 1. The van der Waals surface area contributed by atoms with Crippen molar-refractivity contribution in [2.45, 2.75) is 25.8 Å². The van der Waals surface area contributed by atoms with Crippen LogP contribution in [0.1, 0.15) is 24.8 Å². The molecule has 0 atom stereocenters. The van der Waals surface area contributed by atoms with E-state index in [0.717, 1.165) is 38.9 Å². The molecule has 1 aromatic carbocycles. The van der Waals surface area contributed by atoms with Crippen LogP contribution in [0.3, 0.4) is 0 Å². The van der Waals surface area contributed by atoms with E-state index >= 15 is 0 Å². The monoisotopic (exact) mass is 295 g/mol. The molecule has 0 amide bonds. The number of nitro groups is 1. The van der Waals surface area contributed by atoms with Gasteiger partial charge in [0.2, 0.25) is 0 Å². The summed E-state index contributed by atoms with van der Waals surface area (Å²) in [6, 6.07) is 4.06. The first-order valence-corrected chi connectivity index (χ1v) is 7.40. The fraction of sp³-hybridized carbons (Fsp3) is 0.600. The van der Waals surface area contributed by atoms with Gasteiger partial charge in [-0.25, -0.2) is 4.39 Å². The minimum Gasteiger partial charge on any atom is -0.320 e. The average Bonchev–Trinajstić information content (AvgIpc) is 2.48. The minimum atomic E-state index is -0.502. The number of halogens is 1. The molecule has 0 aromatic heterocycles. The number of benzene rings is 1. The second-order valence-corrected chi connectivity index (χ2v) is 5.61. The van der Waals surface area contributed by atoms with Crippen molar-refractivity contribution in [2.24, 2.45) is 5.92 Å². The molecule has 1 aliphatic rings. The predicted octanol–water partition coefficient (Wildman–Crippen LogP) is 2.56. The third-order valence-corrected chi connectivity index (χ3v) is 4.18. The number of nitrogens with one attached hydrogen (secondary N) is 1. The fourth-order valence-corrected chi connectivity index (χ4v) is 2.88. The molecule has 1 N–H and O–H groups in total. The van der Waals surface area contributed by atoms with Crippen LogP contribution in [-0.2, 0) is 6.54 Å². The summed E-state index contributed by atoms with van der Waals surface area (Å²) in [4.78, 5) is 12.6. The summed E-state index contributed by atoms with van der Waals surface area (Å²) < 4.78 is 13.9. The van der Waals surface area contributed by atoms with Crippen LogP contribution in [0.15, 0.2) is 18.2 Å². The molecule has 0 bridgehead atoms. The van der Waals surface area contributed by atoms with Gasteiger partial charge in [0.1, 0.15) is 5.82 Å². The standard InChI is InChI=1S/C15H22FN3O2/c1-17-8-5-12-6-9-18(10-7-12)11-13-14(16)3-2-4-15(13)19(20)21/h2-4,12,17H,5-11H2,1H3. The lowest BCUT2D eigenvalue weighted by molar-refractivity contribution is -0.386. The molecule has 1 aromatic rings. The number of hydrogen-bond acceptors (Lipinski definition) is 4. The normalized spacial score (nSPS) is 17.0. The Morgan fingerprint density at radius 2 is 2.14 bits per heavy atom. The van der Waals surface area contributed by atoms with Crippen molar-refractivity contribution in [3.05, 3.63) is 39.7 Å². The van der Waals surface area contributed by atoms with Crippen molar-refractivity contribution in [1.29, 1.82) is 0 Å². The number of nitrogens with zero attached hydrogens (tertiary/aromatic N) is 2. The molecule has 0 aliphatic carbocycles. The first kappa shape index (κ1) is 15.9. The lowest BCUT2D eigenvalue weighted by Gasteiger charge is -2.31. The van der Waals surface area contributed by atoms with Crippen molar-refractivity contribution < 1.29 is 9.31 Å². The molecule has 0 radical (unpaired) electrons. The van der Waals surface area contributed by atoms with Crippen molar-refractivity contribution in [3.8, 4) is 0 Å². The van der Waals surface area contributed by atoms with Crippen LogP contribution in [0.5, 0.6) is 0 Å². The van der Waals surface area contributed by atoms with Gasteiger partial charge in [0, 0.05) is 12.6 Å². The lowest BCUT2D eigenvalue weighted by Crippen LogP contribution is -2.34. The number of rotatable bonds is 6. The van der Waals surface area contributed by atoms with Gasteiger partial charge >= 0.3 is 0 Å². The fourth-order valence-electron chi connectivity index (χ4n) is 2.88. The first-order valence-electron chi connectivity index (χ1n) is 7.40. The summed E-state index contributed by atoms with van der Waals surface area (Å²) in [7, 11) is 1.95. The summed E-state index contributed by atoms with van der Waals surface area (Å²) in [6.07, 6.45) is 3.30. The van der Waals surface area contributed by atoms with Crippen LogP contribution in [-0.4, -0.2) is 36.5 Å². The average molecular weight is 295 g/mol. The Bertz CT molecular complexity index is 488. The molecule has 1 fully saturated rings. The molecule has 116 valence electrons. The highest BCUT2D eigenvalue weighted by Crippen LogP contribution is 2.26. The maximum Gasteiger partial charge on any atom is 0.276 e. The van der Waals surface area contributed by atoms with Crippen molar-refractivity contribution >= 4 is 5.69 Å². The maximum atomic E-state index is 13.9. The van der Waals surface area contributed by atoms with Gasteiger partial charge in [-0.2, -0.15) is 0 Å². The van der Waals surface area contributed by atoms with E-state index in [2.05, 4.69) is 10.2 Å². The van der Waals surface area contributed by atoms with Gasteiger partial charge in [0.05, 0.1) is 10.5 Å². The summed E-state index contributed by atoms with van der Waals surface area (Å²) in [5.41, 5.74) is 0.0866. The van der Waals surface area contributed by atoms with Gasteiger partial charge < -0.3 is 5.32 Å². The summed E-state index contributed by atoms with van der Waals surface area (Å²) in [5.74, 6) is 0.214. The quantitative estimate of drug-likeness (QED) is 0.647. The number of hydrogen-bond donors (Lipinski definition) is 1. The third kappa shape index (κ3) is 4.22. The Labute approximate surface area is 124 Å². The first-order chi connectivity index (χ1) is 10.1. The van der Waals surface area contributed by atoms with E-state index in [-0.39, 0.29) is 11.3 Å². The highest BCUT2D eigenvalue weighted by atomic mass is 19.1. The van der Waals surface area contributed by atoms with Gasteiger partial charge in [0.25, 0.3) is 5.69 Å². The zero-order valence-electron chi connectivity index (χ0n) is 12.3. The summed E-state index contributed by atoms with van der Waals surface area (Å²) in [5, 5.41) is 14.2. The molecular formula is C15H22FN3O2. The lowest BCUT2D eigenvalue weighted by atomic mass is 9.93. The molecule has 0 saturated carbocycles. The van der Waals surface area contributed by atoms with Crippen LogP contribution in [0.2, 0.25) is 0 Å². The van der Waals surface area contributed by atoms with Crippen molar-refractivity contribution in [2.75, 3.05) is 26.7 Å². The van der Waals surface area contributed by atoms with E-state index in [1.54, 1.807) is 0 Å². The molecule has 1 aliphatic heterocycles. The van der Waals surface area contributed by atoms with E-state index in [4.69, 9.17) is 0 Å². The van der Waals surface area contributed by atoms with Crippen LogP contribution in [0.25, 0.3) is 0 Å². The van der Waals surface area contributed by atoms with Gasteiger partial charge in [-0.05, 0) is 57.9 Å². The molecule has 0 spiro atoms. The second kappa shape index (κ2) is 7.47. The SMILES string of the molecule is CNCCC1CCN(Cc2c(F)cccc2[N+](=O)[O-])CC1. The Balaban J connectivity index is 1.96. The van der Waals surface area contributed by atoms with Crippen LogP contribution in [0.4, 0.5) is 10.1 Å². The molecule has 21 heavy (non-hydrogen) atoms. The van der Waals surface area contributed by atoms with Gasteiger partial charge in [-0.3, -0.25) is 15.0 Å². The summed E-state index contributed by atoms with van der Waals surface area (Å²) in [6.45, 7) is 3.09. The van der Waals surface area contributed by atoms with Crippen molar-refractivity contribution in [3.63, 3.8) is 0 Å². The molecule has 6 heteroatoms. The molecule has 1 heterocycles. The van der Waals surface area contributed by atoms with Crippen LogP contribution < -0.4 is 5.32 Å². The van der Waals surface area contributed by atoms with Gasteiger partial charge in [-0.1, -0.05) is 6.07 Å². The molecule has 5 nitrogen and oxygen atoms in total. The molecule has 1 saturated heterocycles. The van der Waals surface area contributed by atoms with E-state index in [0.29, 0.717) is 12.5 Å². The van der Waals surface area contributed by atoms with E-state index in [1.807, 2.05) is 7.05 Å². The van der Waals surface area contributed by atoms with E-state index < -0.39 is 10.7 Å². The Morgan fingerprint density at radius 1 is 1.43 bits per heavy atom. The molecule has 0 unspecified atom stereocenters. The smallest absolute Gasteiger partial charge is 0.276 e. The van der Waals surface area contributed by atoms with Crippen LogP contribution >= 0.6 is 0 Å². The topological polar surface area (TPSA) is 58.4 Å². The summed E-state index contributed by atoms with van der Waals surface area (Å²) >= 11 is 0. The van der Waals surface area contributed by atoms with Crippen molar-refractivity contribution in [1.82, 2.24) is 10.2 Å². The Morgan fingerprint density at radius 3 is 2.76 bits per heavy atom. The van der Waals surface area contributed by atoms with Gasteiger partial charge in [-0.15, -0.1) is 0 Å². The van der Waals surface area contributed by atoms with E-state index in [1.165, 1.54) is 18.2 Å². The maximum absolute atomic E-state index is 13.9. The minimum absolute atomic E-state index is 0.118. The highest BCUT2D eigenvalue weighted by molar-refractivity contribution is 5.40. The Hall–Kier alpha value is -1.53. The molecular weight excluding hydrogens is 273 g/mol. The third-order valence-electron chi connectivity index (χ3n) is 4.18. The van der Waals surface area contributed by atoms with E-state index in [9.17, 15) is 14.5 Å².